The van der Waals surface area contributed by atoms with Crippen molar-refractivity contribution in [3.8, 4) is 5.75 Å². The van der Waals surface area contributed by atoms with E-state index >= 15 is 0 Å². The van der Waals surface area contributed by atoms with Crippen LogP contribution in [0.5, 0.6) is 5.75 Å². The Morgan fingerprint density at radius 2 is 2.22 bits per heavy atom. The van der Waals surface area contributed by atoms with Crippen LogP contribution >= 0.6 is 0 Å². The molecule has 2 atom stereocenters. The molecule has 18 heavy (non-hydrogen) atoms. The van der Waals surface area contributed by atoms with Crippen molar-refractivity contribution in [2.24, 2.45) is 0 Å². The zero-order chi connectivity index (χ0) is 12.5. The van der Waals surface area contributed by atoms with E-state index in [1.165, 1.54) is 49.8 Å². The zero-order valence-corrected chi connectivity index (χ0v) is 11.5. The van der Waals surface area contributed by atoms with E-state index < -0.39 is 0 Å². The summed E-state index contributed by atoms with van der Waals surface area (Å²) in [5, 5.41) is 0. The van der Waals surface area contributed by atoms with Gasteiger partial charge in [0.25, 0.3) is 0 Å². The molecule has 1 aliphatic heterocycles. The number of methoxy groups -OCH3 is 1. The maximum absolute atomic E-state index is 5.57. The molecular formula is C16H23NO. The minimum atomic E-state index is 0.710. The van der Waals surface area contributed by atoms with E-state index in [1.807, 2.05) is 0 Å². The van der Waals surface area contributed by atoms with Gasteiger partial charge in [0.2, 0.25) is 0 Å². The molecule has 3 rings (SSSR count). The number of nitrogens with zero attached hydrogens (tertiary/aromatic N) is 1. The van der Waals surface area contributed by atoms with Gasteiger partial charge in [-0.2, -0.15) is 0 Å². The first-order valence-electron chi connectivity index (χ1n) is 7.15. The van der Waals surface area contributed by atoms with Crippen molar-refractivity contribution in [3.63, 3.8) is 0 Å². The van der Waals surface area contributed by atoms with Gasteiger partial charge in [0, 0.05) is 11.6 Å². The molecule has 2 aliphatic rings. The second kappa shape index (κ2) is 4.93. The standard InChI is InChI=1S/C16H23NO/c1-17-10-4-6-14(17)11-13-9-8-12-5-3-7-15(18-2)16(12)13/h3,5,7,13-14H,4,6,8-11H2,1-2H3/t13?,14-/m1/s1. The van der Waals surface area contributed by atoms with E-state index in [9.17, 15) is 0 Å². The Labute approximate surface area is 110 Å². The Balaban J connectivity index is 1.81. The maximum atomic E-state index is 5.57. The summed E-state index contributed by atoms with van der Waals surface area (Å²) in [5.41, 5.74) is 3.01. The van der Waals surface area contributed by atoms with E-state index in [4.69, 9.17) is 4.74 Å². The number of rotatable bonds is 3. The topological polar surface area (TPSA) is 12.5 Å². The van der Waals surface area contributed by atoms with Crippen LogP contribution in [0.15, 0.2) is 18.2 Å². The van der Waals surface area contributed by atoms with Crippen LogP contribution < -0.4 is 4.74 Å². The highest BCUT2D eigenvalue weighted by molar-refractivity contribution is 5.46. The van der Waals surface area contributed by atoms with Crippen LogP contribution in [0.25, 0.3) is 0 Å². The van der Waals surface area contributed by atoms with Crippen molar-refractivity contribution in [3.05, 3.63) is 29.3 Å². The number of benzene rings is 1. The van der Waals surface area contributed by atoms with Crippen LogP contribution in [0.1, 0.15) is 42.7 Å². The number of hydrogen-bond acceptors (Lipinski definition) is 2. The SMILES string of the molecule is COc1cccc2c1C(C[C@H]1CCCN1C)CC2. The van der Waals surface area contributed by atoms with Gasteiger partial charge in [-0.05, 0) is 63.2 Å². The van der Waals surface area contributed by atoms with Gasteiger partial charge in [0.1, 0.15) is 5.75 Å². The second-order valence-electron chi connectivity index (χ2n) is 5.78. The largest absolute Gasteiger partial charge is 0.496 e. The van der Waals surface area contributed by atoms with Crippen molar-refractivity contribution in [2.75, 3.05) is 20.7 Å². The van der Waals surface area contributed by atoms with E-state index in [1.54, 1.807) is 7.11 Å². The average Bonchev–Trinajstić information content (AvgIpc) is 2.97. The second-order valence-corrected chi connectivity index (χ2v) is 5.78. The Bertz CT molecular complexity index is 429. The predicted molar refractivity (Wildman–Crippen MR) is 74.3 cm³/mol. The molecule has 1 heterocycles. The Hall–Kier alpha value is -1.02. The van der Waals surface area contributed by atoms with Crippen molar-refractivity contribution in [1.82, 2.24) is 4.90 Å². The molecule has 0 bridgehead atoms. The third-order valence-corrected chi connectivity index (χ3v) is 4.77. The summed E-state index contributed by atoms with van der Waals surface area (Å²) in [5.74, 6) is 1.82. The van der Waals surface area contributed by atoms with Crippen LogP contribution in [-0.4, -0.2) is 31.6 Å². The van der Waals surface area contributed by atoms with Crippen molar-refractivity contribution in [2.45, 2.75) is 44.1 Å². The zero-order valence-electron chi connectivity index (χ0n) is 11.5. The fourth-order valence-electron chi connectivity index (χ4n) is 3.76. The molecule has 0 aromatic heterocycles. The third kappa shape index (κ3) is 2.03. The molecule has 0 radical (unpaired) electrons. The van der Waals surface area contributed by atoms with Crippen LogP contribution in [-0.2, 0) is 6.42 Å². The summed E-state index contributed by atoms with van der Waals surface area (Å²) in [6, 6.07) is 7.30. The van der Waals surface area contributed by atoms with Crippen molar-refractivity contribution in [1.29, 1.82) is 0 Å². The molecule has 1 saturated heterocycles. The number of hydrogen-bond donors (Lipinski definition) is 0. The first-order chi connectivity index (χ1) is 8.79. The lowest BCUT2D eigenvalue weighted by Crippen LogP contribution is -2.26. The summed E-state index contributed by atoms with van der Waals surface area (Å²) in [6.07, 6.45) is 6.59. The van der Waals surface area contributed by atoms with E-state index in [-0.39, 0.29) is 0 Å². The molecule has 0 amide bonds. The minimum absolute atomic E-state index is 0.710. The summed E-state index contributed by atoms with van der Waals surface area (Å²) < 4.78 is 5.57. The average molecular weight is 245 g/mol. The van der Waals surface area contributed by atoms with Crippen LogP contribution in [0, 0.1) is 0 Å². The fraction of sp³-hybridized carbons (Fsp3) is 0.625. The molecular weight excluding hydrogens is 222 g/mol. The number of fused-ring (bicyclic) bond motifs is 1. The molecule has 0 saturated carbocycles. The molecule has 1 aromatic carbocycles. The lowest BCUT2D eigenvalue weighted by molar-refractivity contribution is 0.279. The summed E-state index contributed by atoms with van der Waals surface area (Å²) >= 11 is 0. The van der Waals surface area contributed by atoms with Gasteiger partial charge in [-0.15, -0.1) is 0 Å². The summed E-state index contributed by atoms with van der Waals surface area (Å²) in [6.45, 7) is 1.27. The van der Waals surface area contributed by atoms with Gasteiger partial charge in [0.15, 0.2) is 0 Å². The molecule has 0 spiro atoms. The Morgan fingerprint density at radius 1 is 1.33 bits per heavy atom. The van der Waals surface area contributed by atoms with Gasteiger partial charge >= 0.3 is 0 Å². The van der Waals surface area contributed by atoms with Gasteiger partial charge in [-0.25, -0.2) is 0 Å². The van der Waals surface area contributed by atoms with Crippen LogP contribution in [0.3, 0.4) is 0 Å². The van der Waals surface area contributed by atoms with Gasteiger partial charge < -0.3 is 9.64 Å². The summed E-state index contributed by atoms with van der Waals surface area (Å²) in [4.78, 5) is 2.54. The monoisotopic (exact) mass is 245 g/mol. The van der Waals surface area contributed by atoms with E-state index in [2.05, 4.69) is 30.1 Å². The first kappa shape index (κ1) is 12.0. The predicted octanol–water partition coefficient (Wildman–Crippen LogP) is 3.21. The molecule has 98 valence electrons. The maximum Gasteiger partial charge on any atom is 0.122 e. The summed E-state index contributed by atoms with van der Waals surface area (Å²) in [7, 11) is 4.07. The minimum Gasteiger partial charge on any atom is -0.496 e. The van der Waals surface area contributed by atoms with Crippen molar-refractivity contribution < 1.29 is 4.74 Å². The van der Waals surface area contributed by atoms with Crippen LogP contribution in [0.4, 0.5) is 0 Å². The Morgan fingerprint density at radius 3 is 2.94 bits per heavy atom. The molecule has 1 unspecified atom stereocenters. The molecule has 1 aliphatic carbocycles. The van der Waals surface area contributed by atoms with E-state index in [0.29, 0.717) is 5.92 Å². The molecule has 0 N–H and O–H groups in total. The molecule has 2 nitrogen and oxygen atoms in total. The number of likely N-dealkylation sites (tertiary alicyclic amines) is 1. The fourth-order valence-corrected chi connectivity index (χ4v) is 3.76. The third-order valence-electron chi connectivity index (χ3n) is 4.77. The molecule has 1 fully saturated rings. The van der Waals surface area contributed by atoms with Gasteiger partial charge in [0.05, 0.1) is 7.11 Å². The smallest absolute Gasteiger partial charge is 0.122 e. The van der Waals surface area contributed by atoms with Crippen LogP contribution in [0.2, 0.25) is 0 Å². The van der Waals surface area contributed by atoms with Gasteiger partial charge in [-0.1, -0.05) is 12.1 Å². The quantitative estimate of drug-likeness (QED) is 0.811. The lowest BCUT2D eigenvalue weighted by atomic mass is 9.92. The first-order valence-corrected chi connectivity index (χ1v) is 7.15. The normalized spacial score (nSPS) is 27.4. The highest BCUT2D eigenvalue weighted by Gasteiger charge is 2.31. The Kier molecular flexibility index (Phi) is 3.29. The van der Waals surface area contributed by atoms with Crippen molar-refractivity contribution >= 4 is 0 Å². The molecule has 2 heteroatoms. The molecule has 1 aromatic rings. The highest BCUT2D eigenvalue weighted by Crippen LogP contribution is 2.43. The number of aryl methyl sites for hydroxylation is 1. The van der Waals surface area contributed by atoms with E-state index in [0.717, 1.165) is 11.8 Å². The lowest BCUT2D eigenvalue weighted by Gasteiger charge is -2.24. The highest BCUT2D eigenvalue weighted by atomic mass is 16.5. The van der Waals surface area contributed by atoms with Gasteiger partial charge in [-0.3, -0.25) is 0 Å². The number of ether oxygens (including phenoxy) is 1.